The first-order valence-corrected chi connectivity index (χ1v) is 5.89. The Morgan fingerprint density at radius 3 is 2.75 bits per heavy atom. The second-order valence-electron chi connectivity index (χ2n) is 2.91. The van der Waals surface area contributed by atoms with Gasteiger partial charge in [-0.1, -0.05) is 0 Å². The van der Waals surface area contributed by atoms with E-state index in [1.807, 2.05) is 6.07 Å². The molecule has 0 N–H and O–H groups in total. The van der Waals surface area contributed by atoms with Crippen LogP contribution in [0.5, 0.6) is 0 Å². The number of rotatable bonds is 2. The van der Waals surface area contributed by atoms with Gasteiger partial charge < -0.3 is 0 Å². The lowest BCUT2D eigenvalue weighted by atomic mass is 10.3. The van der Waals surface area contributed by atoms with Gasteiger partial charge in [-0.05, 0) is 44.0 Å². The summed E-state index contributed by atoms with van der Waals surface area (Å²) in [5, 5.41) is 0. The van der Waals surface area contributed by atoms with Crippen LogP contribution in [0.15, 0.2) is 33.5 Å². The average Bonchev–Trinajstić information content (AvgIpc) is 2.29. The lowest BCUT2D eigenvalue weighted by molar-refractivity contribution is 0.111. The van der Waals surface area contributed by atoms with Crippen LogP contribution < -0.4 is 0 Å². The Labute approximate surface area is 108 Å². The van der Waals surface area contributed by atoms with Gasteiger partial charge in [0.2, 0.25) is 0 Å². The SMILES string of the molecule is O=Cc1ccnc(-c2ncc(Br)cc2Br)n1. The van der Waals surface area contributed by atoms with Crippen LogP contribution in [0.25, 0.3) is 11.5 Å². The van der Waals surface area contributed by atoms with E-state index in [1.165, 1.54) is 6.20 Å². The second-order valence-corrected chi connectivity index (χ2v) is 4.68. The monoisotopic (exact) mass is 341 g/mol. The number of hydrogen-bond acceptors (Lipinski definition) is 4. The van der Waals surface area contributed by atoms with Crippen molar-refractivity contribution < 1.29 is 4.79 Å². The van der Waals surface area contributed by atoms with Crippen LogP contribution in [-0.2, 0) is 0 Å². The third-order valence-electron chi connectivity index (χ3n) is 1.82. The molecule has 80 valence electrons. The highest BCUT2D eigenvalue weighted by atomic mass is 79.9. The van der Waals surface area contributed by atoms with Crippen LogP contribution in [0.2, 0.25) is 0 Å². The van der Waals surface area contributed by atoms with Gasteiger partial charge in [-0.2, -0.15) is 0 Å². The first-order valence-electron chi connectivity index (χ1n) is 4.30. The summed E-state index contributed by atoms with van der Waals surface area (Å²) in [6, 6.07) is 3.39. The molecule has 2 rings (SSSR count). The van der Waals surface area contributed by atoms with Crippen LogP contribution in [0, 0.1) is 0 Å². The standard InChI is InChI=1S/C10H5Br2N3O/c11-6-3-8(12)9(14-4-6)10-13-2-1-7(5-16)15-10/h1-5H. The zero-order valence-electron chi connectivity index (χ0n) is 7.89. The van der Waals surface area contributed by atoms with Gasteiger partial charge in [-0.3, -0.25) is 9.78 Å². The third kappa shape index (κ3) is 2.33. The van der Waals surface area contributed by atoms with Crippen molar-refractivity contribution in [1.82, 2.24) is 15.0 Å². The molecule has 0 radical (unpaired) electrons. The molecule has 6 heteroatoms. The van der Waals surface area contributed by atoms with Gasteiger partial charge in [0.05, 0.1) is 0 Å². The molecule has 2 heterocycles. The number of aldehydes is 1. The molecule has 0 unspecified atom stereocenters. The summed E-state index contributed by atoms with van der Waals surface area (Å²) in [6.45, 7) is 0. The molecular formula is C10H5Br2N3O. The zero-order chi connectivity index (χ0) is 11.5. The molecule has 0 aliphatic carbocycles. The van der Waals surface area contributed by atoms with Crippen LogP contribution in [0.3, 0.4) is 0 Å². The van der Waals surface area contributed by atoms with Gasteiger partial charge in [0.1, 0.15) is 11.4 Å². The van der Waals surface area contributed by atoms with E-state index < -0.39 is 0 Å². The normalized spacial score (nSPS) is 10.1. The quantitative estimate of drug-likeness (QED) is 0.787. The molecule has 0 fully saturated rings. The predicted molar refractivity (Wildman–Crippen MR) is 66.1 cm³/mol. The van der Waals surface area contributed by atoms with Gasteiger partial charge in [-0.15, -0.1) is 0 Å². The number of aromatic nitrogens is 3. The fraction of sp³-hybridized carbons (Fsp3) is 0. The number of hydrogen-bond donors (Lipinski definition) is 0. The highest BCUT2D eigenvalue weighted by molar-refractivity contribution is 9.11. The Morgan fingerprint density at radius 2 is 2.06 bits per heavy atom. The first-order chi connectivity index (χ1) is 7.70. The lowest BCUT2D eigenvalue weighted by Crippen LogP contribution is -1.96. The van der Waals surface area contributed by atoms with Crippen molar-refractivity contribution in [3.63, 3.8) is 0 Å². The van der Waals surface area contributed by atoms with Crippen molar-refractivity contribution in [2.75, 3.05) is 0 Å². The summed E-state index contributed by atoms with van der Waals surface area (Å²) < 4.78 is 1.62. The Morgan fingerprint density at radius 1 is 1.25 bits per heavy atom. The van der Waals surface area contributed by atoms with Crippen LogP contribution in [-0.4, -0.2) is 21.2 Å². The lowest BCUT2D eigenvalue weighted by Gasteiger charge is -2.02. The van der Waals surface area contributed by atoms with E-state index in [-0.39, 0.29) is 0 Å². The molecule has 0 saturated heterocycles. The first kappa shape index (κ1) is 11.3. The van der Waals surface area contributed by atoms with Gasteiger partial charge >= 0.3 is 0 Å². The van der Waals surface area contributed by atoms with Crippen LogP contribution in [0.1, 0.15) is 10.5 Å². The molecule has 0 aromatic carbocycles. The Kier molecular flexibility index (Phi) is 3.40. The summed E-state index contributed by atoms with van der Waals surface area (Å²) in [6.07, 6.45) is 3.86. The second kappa shape index (κ2) is 4.80. The van der Waals surface area contributed by atoms with Crippen molar-refractivity contribution in [1.29, 1.82) is 0 Å². The van der Waals surface area contributed by atoms with E-state index in [0.29, 0.717) is 23.5 Å². The number of pyridine rings is 1. The number of carbonyl (C=O) groups excluding carboxylic acids is 1. The van der Waals surface area contributed by atoms with Gasteiger partial charge in [0, 0.05) is 21.3 Å². The highest BCUT2D eigenvalue weighted by Crippen LogP contribution is 2.25. The molecule has 2 aromatic heterocycles. The van der Waals surface area contributed by atoms with Crippen LogP contribution in [0.4, 0.5) is 0 Å². The molecule has 0 aliphatic heterocycles. The summed E-state index contributed by atoms with van der Waals surface area (Å²) >= 11 is 6.68. The average molecular weight is 343 g/mol. The van der Waals surface area contributed by atoms with Gasteiger partial charge in [-0.25, -0.2) is 9.97 Å². The van der Waals surface area contributed by atoms with E-state index in [4.69, 9.17) is 0 Å². The van der Waals surface area contributed by atoms with E-state index in [9.17, 15) is 4.79 Å². The molecule has 16 heavy (non-hydrogen) atoms. The van der Waals surface area contributed by atoms with Crippen LogP contribution >= 0.6 is 31.9 Å². The topological polar surface area (TPSA) is 55.7 Å². The molecule has 0 atom stereocenters. The van der Waals surface area contributed by atoms with Crippen molar-refractivity contribution in [2.24, 2.45) is 0 Å². The molecule has 2 aromatic rings. The summed E-state index contributed by atoms with van der Waals surface area (Å²) in [4.78, 5) is 22.9. The Bertz CT molecular complexity index is 545. The molecule has 0 amide bonds. The van der Waals surface area contributed by atoms with Crippen molar-refractivity contribution >= 4 is 38.1 Å². The number of carbonyl (C=O) groups is 1. The van der Waals surface area contributed by atoms with Gasteiger partial charge in [0.15, 0.2) is 12.1 Å². The van der Waals surface area contributed by atoms with Crippen molar-refractivity contribution in [3.05, 3.63) is 39.2 Å². The predicted octanol–water partition coefficient (Wildman–Crippen LogP) is 2.88. The molecule has 0 bridgehead atoms. The summed E-state index contributed by atoms with van der Waals surface area (Å²) in [5.41, 5.74) is 0.938. The number of nitrogens with zero attached hydrogens (tertiary/aromatic N) is 3. The smallest absolute Gasteiger partial charge is 0.179 e. The fourth-order valence-corrected chi connectivity index (χ4v) is 2.30. The minimum atomic E-state index is 0.335. The fourth-order valence-electron chi connectivity index (χ4n) is 1.13. The highest BCUT2D eigenvalue weighted by Gasteiger charge is 2.08. The minimum Gasteiger partial charge on any atom is -0.296 e. The maximum Gasteiger partial charge on any atom is 0.179 e. The van der Waals surface area contributed by atoms with E-state index in [2.05, 4.69) is 46.8 Å². The van der Waals surface area contributed by atoms with E-state index in [0.717, 1.165) is 8.95 Å². The Balaban J connectivity index is 2.53. The van der Waals surface area contributed by atoms with E-state index >= 15 is 0 Å². The molecule has 4 nitrogen and oxygen atoms in total. The van der Waals surface area contributed by atoms with Crippen molar-refractivity contribution in [2.45, 2.75) is 0 Å². The maximum absolute atomic E-state index is 10.6. The zero-order valence-corrected chi connectivity index (χ0v) is 11.1. The van der Waals surface area contributed by atoms with E-state index in [1.54, 1.807) is 12.3 Å². The molecule has 0 saturated carbocycles. The largest absolute Gasteiger partial charge is 0.296 e. The van der Waals surface area contributed by atoms with Crippen molar-refractivity contribution in [3.8, 4) is 11.5 Å². The Hall–Kier alpha value is -1.14. The summed E-state index contributed by atoms with van der Waals surface area (Å²) in [5.74, 6) is 0.420. The summed E-state index contributed by atoms with van der Waals surface area (Å²) in [7, 11) is 0. The third-order valence-corrected chi connectivity index (χ3v) is 2.86. The number of halogens is 2. The molecule has 0 aliphatic rings. The minimum absolute atomic E-state index is 0.335. The maximum atomic E-state index is 10.6. The molecule has 0 spiro atoms. The molecular weight excluding hydrogens is 338 g/mol. The van der Waals surface area contributed by atoms with Gasteiger partial charge in [0.25, 0.3) is 0 Å².